The number of nitrogens with one attached hydrogen (secondary N) is 1. The van der Waals surface area contributed by atoms with Crippen molar-refractivity contribution in [2.24, 2.45) is 0 Å². The smallest absolute Gasteiger partial charge is 0.149 e. The molecule has 3 aromatic heterocycles. The van der Waals surface area contributed by atoms with Gasteiger partial charge in [0, 0.05) is 51.0 Å². The van der Waals surface area contributed by atoms with Crippen molar-refractivity contribution in [1.29, 1.82) is 0 Å². The van der Waals surface area contributed by atoms with Gasteiger partial charge in [0.25, 0.3) is 0 Å². The minimum atomic E-state index is 0.332. The molecular formula is C27H39N7O2S. The number of rotatable bonds is 7. The van der Waals surface area contributed by atoms with E-state index in [0.29, 0.717) is 30.5 Å². The van der Waals surface area contributed by atoms with Gasteiger partial charge >= 0.3 is 0 Å². The van der Waals surface area contributed by atoms with E-state index in [9.17, 15) is 0 Å². The molecule has 1 saturated carbocycles. The molecule has 37 heavy (non-hydrogen) atoms. The van der Waals surface area contributed by atoms with Crippen molar-refractivity contribution in [2.45, 2.75) is 82.8 Å². The predicted molar refractivity (Wildman–Crippen MR) is 145 cm³/mol. The van der Waals surface area contributed by atoms with Gasteiger partial charge in [-0.2, -0.15) is 9.47 Å². The van der Waals surface area contributed by atoms with Crippen molar-refractivity contribution in [3.63, 3.8) is 0 Å². The summed E-state index contributed by atoms with van der Waals surface area (Å²) in [6.45, 7) is 9.91. The van der Waals surface area contributed by atoms with Crippen LogP contribution in [-0.4, -0.2) is 80.6 Å². The number of fused-ring (bicyclic) bond motifs is 1. The molecule has 3 fully saturated rings. The van der Waals surface area contributed by atoms with E-state index in [4.69, 9.17) is 23.8 Å². The van der Waals surface area contributed by atoms with E-state index in [1.54, 1.807) is 0 Å². The van der Waals surface area contributed by atoms with Crippen molar-refractivity contribution in [2.75, 3.05) is 44.8 Å². The van der Waals surface area contributed by atoms with Gasteiger partial charge in [-0.3, -0.25) is 9.58 Å². The summed E-state index contributed by atoms with van der Waals surface area (Å²) in [5, 5.41) is 9.61. The molecule has 0 radical (unpaired) electrons. The lowest BCUT2D eigenvalue weighted by Gasteiger charge is -2.39. The van der Waals surface area contributed by atoms with Crippen LogP contribution in [0.3, 0.4) is 0 Å². The van der Waals surface area contributed by atoms with Crippen LogP contribution in [-0.2, 0) is 15.9 Å². The summed E-state index contributed by atoms with van der Waals surface area (Å²) in [6, 6.07) is 1.54. The molecule has 1 N–H and O–H groups in total. The van der Waals surface area contributed by atoms with Crippen LogP contribution in [0.25, 0.3) is 10.2 Å². The molecule has 0 aromatic carbocycles. The maximum atomic E-state index is 5.56. The van der Waals surface area contributed by atoms with Gasteiger partial charge < -0.3 is 14.8 Å². The first kappa shape index (κ1) is 25.2. The fraction of sp³-hybridized carbons (Fsp3) is 0.704. The number of hydrogen-bond acceptors (Lipinski definition) is 9. The molecule has 3 aliphatic rings. The molecule has 200 valence electrons. The molecule has 1 aliphatic carbocycles. The average Bonchev–Trinajstić information content (AvgIpc) is 3.58. The fourth-order valence-electron chi connectivity index (χ4n) is 6.02. The van der Waals surface area contributed by atoms with Crippen LogP contribution in [0.1, 0.15) is 81.4 Å². The van der Waals surface area contributed by atoms with E-state index >= 15 is 0 Å². The Bertz CT molecular complexity index is 1170. The highest BCUT2D eigenvalue weighted by Gasteiger charge is 2.28. The molecule has 0 amide bonds. The number of ether oxygens (including phenoxy) is 2. The lowest BCUT2D eigenvalue weighted by atomic mass is 9.90. The van der Waals surface area contributed by atoms with Crippen molar-refractivity contribution >= 4 is 27.6 Å². The number of morpholine rings is 1. The normalized spacial score (nSPS) is 24.2. The van der Waals surface area contributed by atoms with Crippen LogP contribution < -0.4 is 5.32 Å². The Morgan fingerprint density at radius 1 is 0.973 bits per heavy atom. The van der Waals surface area contributed by atoms with Crippen LogP contribution in [0.15, 0.2) is 12.4 Å². The van der Waals surface area contributed by atoms with Crippen LogP contribution >= 0.6 is 11.5 Å². The van der Waals surface area contributed by atoms with E-state index in [2.05, 4.69) is 40.0 Å². The fourth-order valence-corrected chi connectivity index (χ4v) is 6.94. The van der Waals surface area contributed by atoms with Gasteiger partial charge in [-0.15, -0.1) is 0 Å². The lowest BCUT2D eigenvalue weighted by Crippen LogP contribution is -2.46. The van der Waals surface area contributed by atoms with Crippen molar-refractivity contribution < 1.29 is 9.47 Å². The monoisotopic (exact) mass is 525 g/mol. The Kier molecular flexibility index (Phi) is 7.69. The predicted octanol–water partition coefficient (Wildman–Crippen LogP) is 4.40. The van der Waals surface area contributed by atoms with Gasteiger partial charge in [0.2, 0.25) is 0 Å². The zero-order valence-electron chi connectivity index (χ0n) is 22.1. The zero-order valence-corrected chi connectivity index (χ0v) is 22.9. The van der Waals surface area contributed by atoms with Crippen molar-refractivity contribution in [3.8, 4) is 0 Å². The maximum absolute atomic E-state index is 5.56. The van der Waals surface area contributed by atoms with Crippen LogP contribution in [0, 0.1) is 0 Å². The zero-order chi connectivity index (χ0) is 25.2. The quantitative estimate of drug-likeness (QED) is 0.485. The second-order valence-corrected chi connectivity index (χ2v) is 11.8. The second kappa shape index (κ2) is 11.3. The molecule has 10 heteroatoms. The highest BCUT2D eigenvalue weighted by molar-refractivity contribution is 7.13. The summed E-state index contributed by atoms with van der Waals surface area (Å²) in [4.78, 5) is 13.7. The second-order valence-electron chi connectivity index (χ2n) is 11.0. The van der Waals surface area contributed by atoms with E-state index < -0.39 is 0 Å². The molecule has 6 rings (SSSR count). The Hall–Kier alpha value is -2.14. The molecule has 0 unspecified atom stereocenters. The molecule has 0 bridgehead atoms. The molecule has 9 nitrogen and oxygen atoms in total. The summed E-state index contributed by atoms with van der Waals surface area (Å²) in [7, 11) is 0. The van der Waals surface area contributed by atoms with Gasteiger partial charge in [-0.05, 0) is 61.5 Å². The lowest BCUT2D eigenvalue weighted by molar-refractivity contribution is 0.00791. The van der Waals surface area contributed by atoms with Crippen molar-refractivity contribution in [1.82, 2.24) is 29.0 Å². The third kappa shape index (κ3) is 5.67. The summed E-state index contributed by atoms with van der Waals surface area (Å²) >= 11 is 1.50. The minimum absolute atomic E-state index is 0.332. The molecule has 2 aliphatic heterocycles. The summed E-state index contributed by atoms with van der Waals surface area (Å²) in [6.07, 6.45) is 11.6. The summed E-state index contributed by atoms with van der Waals surface area (Å²) < 4.78 is 18.0. The SMILES string of the molecule is CC(C)c1nsc2nc(Cc3cnn(C4CCOCC4)c3)nc(NC3CCC(N4CCOCC4)CC3)c12. The third-order valence-corrected chi connectivity index (χ3v) is 8.89. The van der Waals surface area contributed by atoms with Crippen LogP contribution in [0.2, 0.25) is 0 Å². The van der Waals surface area contributed by atoms with Gasteiger partial charge in [-0.1, -0.05) is 13.8 Å². The van der Waals surface area contributed by atoms with E-state index in [0.717, 1.165) is 98.3 Å². The first-order valence-corrected chi connectivity index (χ1v) is 14.8. The molecular weight excluding hydrogens is 486 g/mol. The maximum Gasteiger partial charge on any atom is 0.149 e. The van der Waals surface area contributed by atoms with Crippen LogP contribution in [0.4, 0.5) is 5.82 Å². The van der Waals surface area contributed by atoms with Crippen molar-refractivity contribution in [3.05, 3.63) is 29.5 Å². The minimum Gasteiger partial charge on any atom is -0.381 e. The number of hydrogen-bond donors (Lipinski definition) is 1. The Balaban J connectivity index is 1.19. The number of aromatic nitrogens is 5. The standard InChI is InChI=1S/C27H39N7O2S/c1-18(2)25-24-26(29-20-3-5-21(6-4-20)33-9-13-36-14-10-33)30-23(31-27(24)37-32-25)15-19-16-28-34(17-19)22-7-11-35-12-8-22/h16-18,20-22H,3-15H2,1-2H3,(H,29,30,31). The first-order chi connectivity index (χ1) is 18.1. The molecule has 3 aromatic rings. The first-order valence-electron chi connectivity index (χ1n) is 14.0. The van der Waals surface area contributed by atoms with Gasteiger partial charge in [-0.25, -0.2) is 9.97 Å². The Morgan fingerprint density at radius 2 is 1.73 bits per heavy atom. The number of nitrogens with zero attached hydrogens (tertiary/aromatic N) is 6. The Morgan fingerprint density at radius 3 is 2.49 bits per heavy atom. The molecule has 0 atom stereocenters. The van der Waals surface area contributed by atoms with E-state index in [-0.39, 0.29) is 0 Å². The molecule has 0 spiro atoms. The topological polar surface area (TPSA) is 90.2 Å². The highest BCUT2D eigenvalue weighted by Crippen LogP contribution is 2.34. The van der Waals surface area contributed by atoms with E-state index in [1.165, 1.54) is 24.4 Å². The summed E-state index contributed by atoms with van der Waals surface area (Å²) in [5.74, 6) is 2.13. The van der Waals surface area contributed by atoms with Crippen LogP contribution in [0.5, 0.6) is 0 Å². The van der Waals surface area contributed by atoms with Gasteiger partial charge in [0.15, 0.2) is 0 Å². The third-order valence-electron chi connectivity index (χ3n) is 8.14. The molecule has 5 heterocycles. The Labute approximate surface area is 223 Å². The number of anilines is 1. The molecule has 2 saturated heterocycles. The average molecular weight is 526 g/mol. The van der Waals surface area contributed by atoms with Gasteiger partial charge in [0.1, 0.15) is 16.5 Å². The summed E-state index contributed by atoms with van der Waals surface area (Å²) in [5.41, 5.74) is 2.25. The van der Waals surface area contributed by atoms with Gasteiger partial charge in [0.05, 0.1) is 36.5 Å². The largest absolute Gasteiger partial charge is 0.381 e. The van der Waals surface area contributed by atoms with E-state index in [1.807, 2.05) is 6.20 Å². The highest BCUT2D eigenvalue weighted by atomic mass is 32.1.